The third kappa shape index (κ3) is 4.10. The van der Waals surface area contributed by atoms with Gasteiger partial charge in [0.1, 0.15) is 5.71 Å². The van der Waals surface area contributed by atoms with Gasteiger partial charge < -0.3 is 14.9 Å². The van der Waals surface area contributed by atoms with E-state index in [0.717, 1.165) is 34.5 Å². The molecule has 0 amide bonds. The van der Waals surface area contributed by atoms with Gasteiger partial charge in [-0.1, -0.05) is 29.5 Å². The number of fused-ring (bicyclic) bond motifs is 3. The number of benzene rings is 2. The number of nitro benzene ring substituents is 1. The molecule has 3 N–H and O–H groups in total. The molecule has 2 aromatic carbocycles. The standard InChI is InChI=1S/C21H18N4O6S/c1-31-17-10-13-11(9-16(17)26)6-7-18-19(13)22-21(32-18)24-23-14(20(27)28)8-12-4-2-3-5-15(12)25(29)30/h2-5,9-10,26H,6-8H2,1H3,(H,22,24)(H,27,28)/b23-14-. The van der Waals surface area contributed by atoms with Crippen molar-refractivity contribution >= 4 is 33.8 Å². The Morgan fingerprint density at radius 1 is 1.34 bits per heavy atom. The Morgan fingerprint density at radius 3 is 2.84 bits per heavy atom. The number of ether oxygens (including phenoxy) is 1. The molecule has 0 bridgehead atoms. The first-order valence-electron chi connectivity index (χ1n) is 9.55. The number of aromatic hydroxyl groups is 1. The maximum absolute atomic E-state index is 11.7. The molecular weight excluding hydrogens is 436 g/mol. The summed E-state index contributed by atoms with van der Waals surface area (Å²) < 4.78 is 5.20. The van der Waals surface area contributed by atoms with Crippen molar-refractivity contribution in [1.29, 1.82) is 0 Å². The van der Waals surface area contributed by atoms with E-state index in [0.29, 0.717) is 10.9 Å². The molecule has 3 aromatic rings. The van der Waals surface area contributed by atoms with Gasteiger partial charge in [-0.15, -0.1) is 0 Å². The molecule has 1 heterocycles. The molecule has 0 saturated heterocycles. The quantitative estimate of drug-likeness (QED) is 0.279. The highest BCUT2D eigenvalue weighted by Gasteiger charge is 2.24. The van der Waals surface area contributed by atoms with Crippen LogP contribution in [0.3, 0.4) is 0 Å². The number of carbonyl (C=O) groups is 1. The highest BCUT2D eigenvalue weighted by atomic mass is 32.1. The fourth-order valence-corrected chi connectivity index (χ4v) is 4.45. The third-order valence-corrected chi connectivity index (χ3v) is 6.08. The summed E-state index contributed by atoms with van der Waals surface area (Å²) in [5.74, 6) is -0.883. The number of phenolic OH excluding ortho intramolecular Hbond substituents is 1. The largest absolute Gasteiger partial charge is 0.504 e. The number of nitrogens with zero attached hydrogens (tertiary/aromatic N) is 3. The number of aliphatic carboxylic acids is 1. The van der Waals surface area contributed by atoms with E-state index in [1.807, 2.05) is 0 Å². The zero-order valence-electron chi connectivity index (χ0n) is 16.9. The van der Waals surface area contributed by atoms with Crippen LogP contribution in [0.15, 0.2) is 41.5 Å². The maximum atomic E-state index is 11.7. The number of anilines is 1. The molecule has 32 heavy (non-hydrogen) atoms. The number of hydrazone groups is 1. The van der Waals surface area contributed by atoms with Crippen molar-refractivity contribution in [2.75, 3.05) is 12.5 Å². The molecule has 0 radical (unpaired) electrons. The zero-order valence-corrected chi connectivity index (χ0v) is 17.7. The van der Waals surface area contributed by atoms with Crippen LogP contribution in [-0.2, 0) is 24.1 Å². The molecule has 1 aliphatic rings. The first-order valence-corrected chi connectivity index (χ1v) is 10.4. The number of aryl methyl sites for hydroxylation is 2. The first kappa shape index (κ1) is 21.2. The summed E-state index contributed by atoms with van der Waals surface area (Å²) in [7, 11) is 1.47. The lowest BCUT2D eigenvalue weighted by molar-refractivity contribution is -0.385. The molecule has 0 fully saturated rings. The van der Waals surface area contributed by atoms with Crippen LogP contribution in [0.25, 0.3) is 11.3 Å². The highest BCUT2D eigenvalue weighted by Crippen LogP contribution is 2.42. The van der Waals surface area contributed by atoms with Crippen LogP contribution < -0.4 is 10.2 Å². The summed E-state index contributed by atoms with van der Waals surface area (Å²) in [5.41, 5.74) is 5.00. The van der Waals surface area contributed by atoms with Gasteiger partial charge in [-0.2, -0.15) is 5.10 Å². The number of carboxylic acid groups (broad SMARTS) is 1. The highest BCUT2D eigenvalue weighted by molar-refractivity contribution is 7.16. The number of rotatable bonds is 7. The number of methoxy groups -OCH3 is 1. The van der Waals surface area contributed by atoms with Gasteiger partial charge >= 0.3 is 5.97 Å². The summed E-state index contributed by atoms with van der Waals surface area (Å²) in [6.45, 7) is 0. The van der Waals surface area contributed by atoms with Gasteiger partial charge in [-0.3, -0.25) is 15.5 Å². The maximum Gasteiger partial charge on any atom is 0.352 e. The fourth-order valence-electron chi connectivity index (χ4n) is 3.53. The molecule has 0 unspecified atom stereocenters. The molecule has 4 rings (SSSR count). The van der Waals surface area contributed by atoms with Crippen LogP contribution in [0.1, 0.15) is 16.0 Å². The van der Waals surface area contributed by atoms with Crippen molar-refractivity contribution in [1.82, 2.24) is 4.98 Å². The minimum atomic E-state index is -1.29. The van der Waals surface area contributed by atoms with Crippen LogP contribution in [-0.4, -0.2) is 38.9 Å². The van der Waals surface area contributed by atoms with Crippen molar-refractivity contribution in [3.8, 4) is 22.8 Å². The number of para-hydroxylation sites is 1. The Hall–Kier alpha value is -3.99. The number of thiazole rings is 1. The third-order valence-electron chi connectivity index (χ3n) is 5.06. The second-order valence-electron chi connectivity index (χ2n) is 7.01. The van der Waals surface area contributed by atoms with E-state index in [1.165, 1.54) is 36.6 Å². The number of hydrogen-bond acceptors (Lipinski definition) is 9. The minimum absolute atomic E-state index is 0.0639. The van der Waals surface area contributed by atoms with Gasteiger partial charge in [-0.05, 0) is 30.5 Å². The fraction of sp³-hybridized carbons (Fsp3) is 0.190. The Morgan fingerprint density at radius 2 is 2.12 bits per heavy atom. The average molecular weight is 454 g/mol. The summed E-state index contributed by atoms with van der Waals surface area (Å²) in [6, 6.07) is 9.33. The molecule has 1 aromatic heterocycles. The lowest BCUT2D eigenvalue weighted by atomic mass is 9.93. The Labute approximate surface area is 186 Å². The molecule has 10 nitrogen and oxygen atoms in total. The van der Waals surface area contributed by atoms with Crippen molar-refractivity contribution < 1.29 is 24.7 Å². The zero-order chi connectivity index (χ0) is 22.8. The van der Waals surface area contributed by atoms with E-state index in [4.69, 9.17) is 4.74 Å². The van der Waals surface area contributed by atoms with Gasteiger partial charge in [0.2, 0.25) is 5.13 Å². The van der Waals surface area contributed by atoms with Crippen LogP contribution >= 0.6 is 11.3 Å². The SMILES string of the molecule is COc1cc2c(cc1O)CCc1sc(N/N=C(/Cc3ccccc3[N+](=O)[O-])C(=O)O)nc1-2. The molecular formula is C21H18N4O6S. The first-order chi connectivity index (χ1) is 15.4. The van der Waals surface area contributed by atoms with E-state index in [9.17, 15) is 25.1 Å². The van der Waals surface area contributed by atoms with Gasteiger partial charge in [0.05, 0.1) is 17.7 Å². The van der Waals surface area contributed by atoms with E-state index >= 15 is 0 Å². The summed E-state index contributed by atoms with van der Waals surface area (Å²) in [4.78, 5) is 27.9. The summed E-state index contributed by atoms with van der Waals surface area (Å²) >= 11 is 1.35. The van der Waals surface area contributed by atoms with Crippen molar-refractivity contribution in [2.45, 2.75) is 19.3 Å². The van der Waals surface area contributed by atoms with Crippen LogP contribution in [0.4, 0.5) is 10.8 Å². The Bertz CT molecular complexity index is 1250. The van der Waals surface area contributed by atoms with E-state index in [-0.39, 0.29) is 29.1 Å². The second-order valence-corrected chi connectivity index (χ2v) is 8.09. The molecule has 164 valence electrons. The molecule has 0 atom stereocenters. The number of nitrogens with one attached hydrogen (secondary N) is 1. The van der Waals surface area contributed by atoms with Crippen LogP contribution in [0.5, 0.6) is 11.5 Å². The molecule has 0 aliphatic heterocycles. The topological polar surface area (TPSA) is 147 Å². The van der Waals surface area contributed by atoms with Crippen LogP contribution in [0.2, 0.25) is 0 Å². The van der Waals surface area contributed by atoms with Crippen molar-refractivity contribution in [3.63, 3.8) is 0 Å². The minimum Gasteiger partial charge on any atom is -0.504 e. The molecule has 1 aliphatic carbocycles. The van der Waals surface area contributed by atoms with E-state index in [1.54, 1.807) is 18.2 Å². The van der Waals surface area contributed by atoms with Gasteiger partial charge in [0, 0.05) is 28.5 Å². The molecule has 0 saturated carbocycles. The number of aromatic nitrogens is 1. The molecule has 0 spiro atoms. The second kappa shape index (κ2) is 8.63. The normalized spacial score (nSPS) is 12.6. The van der Waals surface area contributed by atoms with Gasteiger partial charge in [-0.25, -0.2) is 9.78 Å². The Balaban J connectivity index is 1.61. The summed E-state index contributed by atoms with van der Waals surface area (Å²) in [6.07, 6.45) is 1.23. The predicted molar refractivity (Wildman–Crippen MR) is 119 cm³/mol. The smallest absolute Gasteiger partial charge is 0.352 e. The monoisotopic (exact) mass is 454 g/mol. The molecule has 11 heteroatoms. The van der Waals surface area contributed by atoms with E-state index in [2.05, 4.69) is 15.5 Å². The average Bonchev–Trinajstić information content (AvgIpc) is 3.19. The Kier molecular flexibility index (Phi) is 5.73. The van der Waals surface area contributed by atoms with Crippen molar-refractivity contribution in [3.05, 3.63) is 62.5 Å². The summed E-state index contributed by atoms with van der Waals surface area (Å²) in [5, 5.41) is 35.1. The number of carboxylic acids is 1. The lowest BCUT2D eigenvalue weighted by Gasteiger charge is -2.16. The van der Waals surface area contributed by atoms with E-state index < -0.39 is 10.9 Å². The predicted octanol–water partition coefficient (Wildman–Crippen LogP) is 3.63. The van der Waals surface area contributed by atoms with Gasteiger partial charge in [0.15, 0.2) is 11.5 Å². The lowest BCUT2D eigenvalue weighted by Crippen LogP contribution is -2.18. The van der Waals surface area contributed by atoms with Crippen LogP contribution in [0, 0.1) is 10.1 Å². The van der Waals surface area contributed by atoms with Crippen molar-refractivity contribution in [2.24, 2.45) is 5.10 Å². The number of nitro groups is 1. The number of phenols is 1. The van der Waals surface area contributed by atoms with Gasteiger partial charge in [0.25, 0.3) is 5.69 Å². The number of hydrogen-bond donors (Lipinski definition) is 3.